The van der Waals surface area contributed by atoms with Crippen LogP contribution in [0.5, 0.6) is 0 Å². The minimum atomic E-state index is 0. The number of aromatic nitrogens is 3. The van der Waals surface area contributed by atoms with Gasteiger partial charge >= 0.3 is 0 Å². The minimum absolute atomic E-state index is 0. The van der Waals surface area contributed by atoms with Gasteiger partial charge < -0.3 is 12.4 Å². The smallest absolute Gasteiger partial charge is 0.281 e. The highest BCUT2D eigenvalue weighted by Crippen LogP contribution is 2.16. The van der Waals surface area contributed by atoms with Crippen LogP contribution in [0, 0.1) is 6.92 Å². The summed E-state index contributed by atoms with van der Waals surface area (Å²) in [6.45, 7) is 2.08. The highest BCUT2D eigenvalue weighted by atomic mass is 35.5. The summed E-state index contributed by atoms with van der Waals surface area (Å²) in [6.07, 6.45) is 0. The van der Waals surface area contributed by atoms with Gasteiger partial charge in [0.1, 0.15) is 0 Å². The molecule has 0 unspecified atom stereocenters. The quantitative estimate of drug-likeness (QED) is 0.591. The molecule has 3 nitrogen and oxygen atoms in total. The molecule has 1 heterocycles. The third kappa shape index (κ3) is 2.45. The van der Waals surface area contributed by atoms with Gasteiger partial charge in [-0.05, 0) is 29.4 Å². The Morgan fingerprint density at radius 1 is 0.900 bits per heavy atom. The molecule has 0 spiro atoms. The Kier molecular flexibility index (Phi) is 4.20. The van der Waals surface area contributed by atoms with E-state index in [1.165, 1.54) is 0 Å². The van der Waals surface area contributed by atoms with E-state index in [9.17, 15) is 0 Å². The number of para-hydroxylation sites is 1. The summed E-state index contributed by atoms with van der Waals surface area (Å²) >= 11 is 0. The van der Waals surface area contributed by atoms with Gasteiger partial charge in [-0.15, -0.1) is 0 Å². The van der Waals surface area contributed by atoms with Crippen LogP contribution in [0.4, 0.5) is 0 Å². The molecule has 0 atom stereocenters. The standard InChI is InChI=1S/C16H16N3.ClH/c1-13-18(2)16(14-9-5-3-6-10-14)17-19(13)15-11-7-4-8-12-15;/h3-12H,1-2H3;1H/q+1;/p-1. The molecule has 102 valence electrons. The molecule has 3 aromatic rings. The van der Waals surface area contributed by atoms with Crippen LogP contribution in [-0.4, -0.2) is 9.67 Å². The van der Waals surface area contributed by atoms with E-state index >= 15 is 0 Å². The lowest BCUT2D eigenvalue weighted by Crippen LogP contribution is -3.00. The number of rotatable bonds is 2. The molecular formula is C16H16ClN3. The van der Waals surface area contributed by atoms with Gasteiger partial charge in [-0.3, -0.25) is 0 Å². The summed E-state index contributed by atoms with van der Waals surface area (Å²) in [5.41, 5.74) is 2.21. The topological polar surface area (TPSA) is 21.7 Å². The molecule has 0 N–H and O–H groups in total. The molecule has 0 aliphatic rings. The average molecular weight is 286 g/mol. The Balaban J connectivity index is 0.00000147. The third-order valence-corrected chi connectivity index (χ3v) is 3.34. The van der Waals surface area contributed by atoms with E-state index in [-0.39, 0.29) is 12.4 Å². The zero-order valence-electron chi connectivity index (χ0n) is 11.5. The van der Waals surface area contributed by atoms with E-state index in [1.54, 1.807) is 0 Å². The fourth-order valence-corrected chi connectivity index (χ4v) is 2.18. The van der Waals surface area contributed by atoms with Crippen LogP contribution in [0.2, 0.25) is 0 Å². The maximum absolute atomic E-state index is 4.73. The van der Waals surface area contributed by atoms with Gasteiger partial charge in [-0.2, -0.15) is 0 Å². The van der Waals surface area contributed by atoms with Crippen molar-refractivity contribution >= 4 is 0 Å². The molecule has 0 radical (unpaired) electrons. The highest BCUT2D eigenvalue weighted by Gasteiger charge is 2.21. The Bertz CT molecular complexity index is 631. The van der Waals surface area contributed by atoms with Crippen LogP contribution in [0.3, 0.4) is 0 Å². The van der Waals surface area contributed by atoms with E-state index in [0.29, 0.717) is 0 Å². The van der Waals surface area contributed by atoms with Crippen molar-refractivity contribution in [3.8, 4) is 17.1 Å². The van der Waals surface area contributed by atoms with Gasteiger partial charge in [0, 0.05) is 12.5 Å². The van der Waals surface area contributed by atoms with Gasteiger partial charge in [0.05, 0.1) is 7.05 Å². The lowest BCUT2D eigenvalue weighted by atomic mass is 10.2. The summed E-state index contributed by atoms with van der Waals surface area (Å²) in [6, 6.07) is 20.4. The second kappa shape index (κ2) is 5.88. The number of nitrogens with zero attached hydrogens (tertiary/aromatic N) is 3. The van der Waals surface area contributed by atoms with Crippen molar-refractivity contribution in [2.24, 2.45) is 7.05 Å². The molecule has 0 aliphatic heterocycles. The Hall–Kier alpha value is -2.13. The first-order valence-corrected chi connectivity index (χ1v) is 6.34. The van der Waals surface area contributed by atoms with Crippen LogP contribution in [0.1, 0.15) is 5.82 Å². The molecule has 0 aliphatic carbocycles. The predicted molar refractivity (Wildman–Crippen MR) is 74.9 cm³/mol. The molecule has 0 amide bonds. The Labute approximate surface area is 124 Å². The second-order valence-corrected chi connectivity index (χ2v) is 4.54. The van der Waals surface area contributed by atoms with Crippen molar-refractivity contribution in [3.05, 3.63) is 66.5 Å². The van der Waals surface area contributed by atoms with Crippen molar-refractivity contribution in [1.29, 1.82) is 0 Å². The van der Waals surface area contributed by atoms with Crippen LogP contribution in [0.15, 0.2) is 60.7 Å². The van der Waals surface area contributed by atoms with Crippen LogP contribution < -0.4 is 17.1 Å². The summed E-state index contributed by atoms with van der Waals surface area (Å²) in [5.74, 6) is 2.08. The molecule has 4 heteroatoms. The first kappa shape index (κ1) is 14.3. The Morgan fingerprint density at radius 3 is 2.05 bits per heavy atom. The van der Waals surface area contributed by atoms with Crippen molar-refractivity contribution in [2.45, 2.75) is 6.92 Å². The normalized spacial score (nSPS) is 10.1. The number of hydrogen-bond acceptors (Lipinski definition) is 1. The fraction of sp³-hybridized carbons (Fsp3) is 0.125. The minimum Gasteiger partial charge on any atom is -1.00 e. The number of benzene rings is 2. The zero-order valence-corrected chi connectivity index (χ0v) is 12.2. The van der Waals surface area contributed by atoms with E-state index in [1.807, 2.05) is 48.1 Å². The van der Waals surface area contributed by atoms with Crippen molar-refractivity contribution in [3.63, 3.8) is 0 Å². The molecule has 20 heavy (non-hydrogen) atoms. The van der Waals surface area contributed by atoms with Gasteiger partial charge in [0.15, 0.2) is 5.69 Å². The molecule has 0 saturated carbocycles. The highest BCUT2D eigenvalue weighted by molar-refractivity contribution is 5.54. The number of hydrogen-bond donors (Lipinski definition) is 0. The maximum Gasteiger partial charge on any atom is 0.281 e. The summed E-state index contributed by atoms with van der Waals surface area (Å²) in [4.78, 5) is 0. The summed E-state index contributed by atoms with van der Waals surface area (Å²) < 4.78 is 4.09. The first-order chi connectivity index (χ1) is 9.27. The van der Waals surface area contributed by atoms with E-state index in [4.69, 9.17) is 5.10 Å². The third-order valence-electron chi connectivity index (χ3n) is 3.34. The molecule has 3 rings (SSSR count). The SMILES string of the molecule is Cc1n(C)c(-c2ccccc2)n[n+]1-c1ccccc1.[Cl-]. The predicted octanol–water partition coefficient (Wildman–Crippen LogP) is -0.324. The number of halogens is 1. The van der Waals surface area contributed by atoms with Crippen LogP contribution in [0.25, 0.3) is 17.1 Å². The summed E-state index contributed by atoms with van der Waals surface area (Å²) in [5, 5.41) is 4.73. The van der Waals surface area contributed by atoms with E-state index in [0.717, 1.165) is 22.9 Å². The van der Waals surface area contributed by atoms with E-state index in [2.05, 4.69) is 35.8 Å². The lowest BCUT2D eigenvalue weighted by molar-refractivity contribution is -0.663. The largest absolute Gasteiger partial charge is 1.00 e. The maximum atomic E-state index is 4.73. The van der Waals surface area contributed by atoms with Gasteiger partial charge in [0.2, 0.25) is 0 Å². The lowest BCUT2D eigenvalue weighted by Gasteiger charge is -1.94. The molecule has 0 fully saturated rings. The molecular weight excluding hydrogens is 270 g/mol. The monoisotopic (exact) mass is 285 g/mol. The van der Waals surface area contributed by atoms with Crippen LogP contribution >= 0.6 is 0 Å². The Morgan fingerprint density at radius 2 is 1.45 bits per heavy atom. The zero-order chi connectivity index (χ0) is 13.2. The first-order valence-electron chi connectivity index (χ1n) is 6.34. The van der Waals surface area contributed by atoms with E-state index < -0.39 is 0 Å². The van der Waals surface area contributed by atoms with Crippen LogP contribution in [-0.2, 0) is 7.05 Å². The summed E-state index contributed by atoms with van der Waals surface area (Å²) in [7, 11) is 2.05. The molecule has 1 aromatic heterocycles. The van der Waals surface area contributed by atoms with Crippen molar-refractivity contribution in [1.82, 2.24) is 9.67 Å². The second-order valence-electron chi connectivity index (χ2n) is 4.54. The van der Waals surface area contributed by atoms with Crippen molar-refractivity contribution < 1.29 is 17.1 Å². The fourth-order valence-electron chi connectivity index (χ4n) is 2.18. The molecule has 0 saturated heterocycles. The van der Waals surface area contributed by atoms with Gasteiger partial charge in [-0.1, -0.05) is 41.1 Å². The van der Waals surface area contributed by atoms with Crippen molar-refractivity contribution in [2.75, 3.05) is 0 Å². The molecule has 2 aromatic carbocycles. The molecule has 0 bridgehead atoms. The van der Waals surface area contributed by atoms with Gasteiger partial charge in [0.25, 0.3) is 11.6 Å². The average Bonchev–Trinajstić information content (AvgIpc) is 2.77. The van der Waals surface area contributed by atoms with Gasteiger partial charge in [-0.25, -0.2) is 4.57 Å².